The average Bonchev–Trinajstić information content (AvgIpc) is 3.15. The van der Waals surface area contributed by atoms with Gasteiger partial charge in [0.15, 0.2) is 0 Å². The van der Waals surface area contributed by atoms with Gasteiger partial charge in [-0.25, -0.2) is 19.3 Å². The molecule has 0 spiro atoms. The van der Waals surface area contributed by atoms with E-state index in [1.54, 1.807) is 24.3 Å². The smallest absolute Gasteiger partial charge is 0.290 e. The van der Waals surface area contributed by atoms with Crippen molar-refractivity contribution in [1.29, 1.82) is 0 Å². The van der Waals surface area contributed by atoms with Gasteiger partial charge in [-0.2, -0.15) is 0 Å². The normalized spacial score (nSPS) is 18.2. The first kappa shape index (κ1) is 22.4. The molecule has 0 radical (unpaired) electrons. The molecule has 10 heteroatoms. The summed E-state index contributed by atoms with van der Waals surface area (Å²) in [6, 6.07) is 8.61. The lowest BCUT2D eigenvalue weighted by Gasteiger charge is -2.36. The van der Waals surface area contributed by atoms with Crippen LogP contribution in [0.25, 0.3) is 28.4 Å². The Morgan fingerprint density at radius 2 is 1.94 bits per heavy atom. The molecule has 174 valence electrons. The molecule has 34 heavy (non-hydrogen) atoms. The summed E-state index contributed by atoms with van der Waals surface area (Å²) in [5.74, 6) is -0.751. The number of nitrogens with one attached hydrogen (secondary N) is 1. The van der Waals surface area contributed by atoms with Crippen LogP contribution in [0.15, 0.2) is 41.6 Å². The standard InChI is InChI=1S/C24H23FN6O2S/c1-2-7-30-8-10-31(11-9-30)19-6-3-15(12-17(19)25)21-22-18(26-14-27-21)5-4-16(28-22)13-20-23(32)29-24(33)34-20/h3-6,12-14H,2,7-11H2,1H3,(H,29,32,33). The number of hydrogen-bond donors (Lipinski definition) is 1. The van der Waals surface area contributed by atoms with E-state index in [-0.39, 0.29) is 10.7 Å². The molecule has 3 aromatic rings. The number of amides is 2. The molecule has 0 saturated carbocycles. The largest absolute Gasteiger partial charge is 0.367 e. The Hall–Kier alpha value is -3.37. The molecule has 0 aliphatic carbocycles. The average molecular weight is 479 g/mol. The highest BCUT2D eigenvalue weighted by atomic mass is 32.2. The van der Waals surface area contributed by atoms with Crippen LogP contribution in [0.3, 0.4) is 0 Å². The van der Waals surface area contributed by atoms with Crippen LogP contribution in [0.5, 0.6) is 0 Å². The minimum atomic E-state index is -0.449. The molecule has 2 saturated heterocycles. The fourth-order valence-electron chi connectivity index (χ4n) is 4.24. The van der Waals surface area contributed by atoms with Gasteiger partial charge in [0.05, 0.1) is 21.8 Å². The van der Waals surface area contributed by atoms with Crippen molar-refractivity contribution in [3.05, 3.63) is 53.1 Å². The number of nitrogens with zero attached hydrogens (tertiary/aromatic N) is 5. The van der Waals surface area contributed by atoms with Crippen LogP contribution in [0, 0.1) is 5.82 Å². The predicted octanol–water partition coefficient (Wildman–Crippen LogP) is 3.69. The molecule has 2 fully saturated rings. The minimum absolute atomic E-state index is 0.268. The topological polar surface area (TPSA) is 91.3 Å². The van der Waals surface area contributed by atoms with Crippen molar-refractivity contribution in [2.24, 2.45) is 0 Å². The van der Waals surface area contributed by atoms with Gasteiger partial charge in [0.1, 0.15) is 23.4 Å². The van der Waals surface area contributed by atoms with Crippen LogP contribution >= 0.6 is 11.8 Å². The maximum Gasteiger partial charge on any atom is 0.290 e. The number of pyridine rings is 1. The van der Waals surface area contributed by atoms with Gasteiger partial charge in [-0.15, -0.1) is 0 Å². The zero-order valence-corrected chi connectivity index (χ0v) is 19.4. The van der Waals surface area contributed by atoms with E-state index in [1.165, 1.54) is 12.4 Å². The molecule has 0 unspecified atom stereocenters. The summed E-state index contributed by atoms with van der Waals surface area (Å²) in [5, 5.41) is 1.81. The Bertz CT molecular complexity index is 1310. The van der Waals surface area contributed by atoms with Crippen LogP contribution in [0.2, 0.25) is 0 Å². The number of thioether (sulfide) groups is 1. The second-order valence-electron chi connectivity index (χ2n) is 8.17. The van der Waals surface area contributed by atoms with Crippen LogP contribution in [0.4, 0.5) is 14.9 Å². The first-order chi connectivity index (χ1) is 16.5. The van der Waals surface area contributed by atoms with Gasteiger partial charge < -0.3 is 4.90 Å². The second kappa shape index (κ2) is 9.47. The highest BCUT2D eigenvalue weighted by Gasteiger charge is 2.25. The minimum Gasteiger partial charge on any atom is -0.367 e. The number of imide groups is 1. The summed E-state index contributed by atoms with van der Waals surface area (Å²) in [4.78, 5) is 41.3. The first-order valence-electron chi connectivity index (χ1n) is 11.2. The third-order valence-corrected chi connectivity index (χ3v) is 6.71. The van der Waals surface area contributed by atoms with E-state index >= 15 is 4.39 Å². The van der Waals surface area contributed by atoms with Gasteiger partial charge in [-0.05, 0) is 55.1 Å². The van der Waals surface area contributed by atoms with Crippen molar-refractivity contribution in [2.75, 3.05) is 37.6 Å². The van der Waals surface area contributed by atoms with E-state index in [9.17, 15) is 9.59 Å². The van der Waals surface area contributed by atoms with Crippen molar-refractivity contribution < 1.29 is 14.0 Å². The number of carbonyl (C=O) groups excluding carboxylic acids is 2. The molecule has 2 amide bonds. The maximum absolute atomic E-state index is 15.2. The van der Waals surface area contributed by atoms with E-state index in [4.69, 9.17) is 0 Å². The van der Waals surface area contributed by atoms with Crippen LogP contribution in [0.1, 0.15) is 19.0 Å². The quantitative estimate of drug-likeness (QED) is 0.556. The molecule has 0 bridgehead atoms. The number of anilines is 1. The van der Waals surface area contributed by atoms with Gasteiger partial charge in [0, 0.05) is 31.7 Å². The third kappa shape index (κ3) is 4.51. The van der Waals surface area contributed by atoms with Gasteiger partial charge in [-0.1, -0.05) is 13.0 Å². The zero-order chi connectivity index (χ0) is 23.7. The van der Waals surface area contributed by atoms with Crippen molar-refractivity contribution in [1.82, 2.24) is 25.2 Å². The molecule has 2 aliphatic rings. The van der Waals surface area contributed by atoms with E-state index < -0.39 is 11.1 Å². The van der Waals surface area contributed by atoms with E-state index in [2.05, 4.69) is 37.0 Å². The number of piperazine rings is 1. The molecule has 0 atom stereocenters. The number of halogens is 1. The highest BCUT2D eigenvalue weighted by Crippen LogP contribution is 2.30. The zero-order valence-electron chi connectivity index (χ0n) is 18.6. The van der Waals surface area contributed by atoms with Gasteiger partial charge in [-0.3, -0.25) is 19.8 Å². The Morgan fingerprint density at radius 1 is 1.12 bits per heavy atom. The number of benzene rings is 1. The lowest BCUT2D eigenvalue weighted by Crippen LogP contribution is -2.46. The van der Waals surface area contributed by atoms with Crippen molar-refractivity contribution in [3.8, 4) is 11.3 Å². The molecule has 2 aliphatic heterocycles. The summed E-state index contributed by atoms with van der Waals surface area (Å²) in [7, 11) is 0. The molecule has 1 aromatic carbocycles. The second-order valence-corrected chi connectivity index (χ2v) is 9.19. The Kier molecular flexibility index (Phi) is 6.25. The van der Waals surface area contributed by atoms with Crippen LogP contribution < -0.4 is 10.2 Å². The number of hydrogen-bond acceptors (Lipinski definition) is 8. The molecule has 4 heterocycles. The Labute approximate surface area is 200 Å². The Morgan fingerprint density at radius 3 is 2.65 bits per heavy atom. The summed E-state index contributed by atoms with van der Waals surface area (Å²) in [6.07, 6.45) is 4.09. The number of carbonyl (C=O) groups is 2. The third-order valence-electron chi connectivity index (χ3n) is 5.90. The van der Waals surface area contributed by atoms with Crippen molar-refractivity contribution in [2.45, 2.75) is 13.3 Å². The lowest BCUT2D eigenvalue weighted by molar-refractivity contribution is -0.115. The summed E-state index contributed by atoms with van der Waals surface area (Å²) < 4.78 is 15.2. The summed E-state index contributed by atoms with van der Waals surface area (Å²) in [6.45, 7) is 6.68. The summed E-state index contributed by atoms with van der Waals surface area (Å²) in [5.41, 5.74) is 3.26. The van der Waals surface area contributed by atoms with Crippen molar-refractivity contribution in [3.63, 3.8) is 0 Å². The summed E-state index contributed by atoms with van der Waals surface area (Å²) >= 11 is 0.827. The molecular weight excluding hydrogens is 455 g/mol. The van der Waals surface area contributed by atoms with Gasteiger partial charge >= 0.3 is 0 Å². The number of rotatable bonds is 5. The van der Waals surface area contributed by atoms with Crippen molar-refractivity contribution >= 4 is 45.7 Å². The van der Waals surface area contributed by atoms with Gasteiger partial charge in [0.25, 0.3) is 11.1 Å². The predicted molar refractivity (Wildman–Crippen MR) is 131 cm³/mol. The highest BCUT2D eigenvalue weighted by molar-refractivity contribution is 8.18. The van der Waals surface area contributed by atoms with E-state index in [0.717, 1.165) is 50.9 Å². The monoisotopic (exact) mass is 478 g/mol. The first-order valence-corrected chi connectivity index (χ1v) is 12.0. The fraction of sp³-hybridized carbons (Fsp3) is 0.292. The van der Waals surface area contributed by atoms with Crippen LogP contribution in [-0.2, 0) is 4.79 Å². The lowest BCUT2D eigenvalue weighted by atomic mass is 10.1. The van der Waals surface area contributed by atoms with Gasteiger partial charge in [0.2, 0.25) is 0 Å². The van der Waals surface area contributed by atoms with E-state index in [1.807, 2.05) is 6.07 Å². The van der Waals surface area contributed by atoms with E-state index in [0.29, 0.717) is 33.7 Å². The Balaban J connectivity index is 1.45. The molecule has 8 nitrogen and oxygen atoms in total. The molecule has 5 rings (SSSR count). The fourth-order valence-corrected chi connectivity index (χ4v) is 4.91. The molecule has 2 aromatic heterocycles. The SMILES string of the molecule is CCCN1CCN(c2ccc(-c3ncnc4ccc(C=C5SC(=O)NC5=O)nc34)cc2F)CC1. The van der Waals surface area contributed by atoms with Crippen LogP contribution in [-0.4, -0.2) is 63.7 Å². The number of aromatic nitrogens is 3. The molecular formula is C24H23FN6O2S. The number of fused-ring (bicyclic) bond motifs is 1. The molecule has 1 N–H and O–H groups in total. The maximum atomic E-state index is 15.2.